The van der Waals surface area contributed by atoms with Gasteiger partial charge in [-0.25, -0.2) is 4.79 Å². The maximum Gasteiger partial charge on any atom is 0.326 e. The van der Waals surface area contributed by atoms with Gasteiger partial charge in [0.2, 0.25) is 17.7 Å². The number of aliphatic carboxylic acids is 1. The normalized spacial score (nSPS) is 19.2. The topological polar surface area (TPSA) is 194 Å². The molecule has 1 heterocycles. The number of carboxylic acid groups (broad SMARTS) is 1. The lowest BCUT2D eigenvalue weighted by Gasteiger charge is -2.29. The number of carbonyl (C=O) groups excluding carboxylic acids is 3. The van der Waals surface area contributed by atoms with Gasteiger partial charge in [-0.3, -0.25) is 14.4 Å². The number of likely N-dealkylation sites (tertiary alicyclic amines) is 1. The Kier molecular flexibility index (Phi) is 13.7. The van der Waals surface area contributed by atoms with Crippen molar-refractivity contribution < 1.29 is 24.3 Å². The van der Waals surface area contributed by atoms with Gasteiger partial charge in [-0.2, -0.15) is 0 Å². The summed E-state index contributed by atoms with van der Waals surface area (Å²) in [6, 6.07) is -3.37. The first-order chi connectivity index (χ1) is 16.2. The summed E-state index contributed by atoms with van der Waals surface area (Å²) >= 11 is 0. The summed E-state index contributed by atoms with van der Waals surface area (Å²) in [4.78, 5) is 52.1. The van der Waals surface area contributed by atoms with Gasteiger partial charge in [0.1, 0.15) is 18.1 Å². The molecule has 196 valence electrons. The molecule has 1 fully saturated rings. The maximum atomic E-state index is 13.1. The van der Waals surface area contributed by atoms with Crippen LogP contribution < -0.4 is 27.8 Å². The third-order valence-corrected chi connectivity index (χ3v) is 6.48. The van der Waals surface area contributed by atoms with E-state index < -0.39 is 42.0 Å². The summed E-state index contributed by atoms with van der Waals surface area (Å²) in [5.41, 5.74) is 17.1. The molecule has 11 nitrogen and oxygen atoms in total. The van der Waals surface area contributed by atoms with Gasteiger partial charge < -0.3 is 37.8 Å². The monoisotopic (exact) mass is 484 g/mol. The Bertz CT molecular complexity index is 676. The van der Waals surface area contributed by atoms with E-state index >= 15 is 0 Å². The van der Waals surface area contributed by atoms with Gasteiger partial charge in [0.05, 0.1) is 6.04 Å². The second kappa shape index (κ2) is 15.6. The lowest BCUT2D eigenvalue weighted by Crippen LogP contribution is -2.57. The molecule has 0 bridgehead atoms. The molecule has 11 heteroatoms. The van der Waals surface area contributed by atoms with Crippen LogP contribution in [0.3, 0.4) is 0 Å². The third kappa shape index (κ3) is 9.19. The number of carbonyl (C=O) groups is 4. The van der Waals surface area contributed by atoms with Crippen molar-refractivity contribution in [1.82, 2.24) is 15.5 Å². The van der Waals surface area contributed by atoms with Gasteiger partial charge in [-0.05, 0) is 64.0 Å². The van der Waals surface area contributed by atoms with Gasteiger partial charge in [-0.15, -0.1) is 0 Å². The summed E-state index contributed by atoms with van der Waals surface area (Å²) in [6.07, 6.45) is 5.31. The molecular weight excluding hydrogens is 440 g/mol. The Morgan fingerprint density at radius 3 is 2.21 bits per heavy atom. The van der Waals surface area contributed by atoms with Crippen LogP contribution in [0, 0.1) is 5.92 Å². The zero-order chi connectivity index (χ0) is 25.7. The molecule has 1 aliphatic rings. The lowest BCUT2D eigenvalue weighted by molar-refractivity contribution is -0.144. The highest BCUT2D eigenvalue weighted by Gasteiger charge is 2.38. The molecule has 0 saturated carbocycles. The average molecular weight is 485 g/mol. The third-order valence-electron chi connectivity index (χ3n) is 6.48. The summed E-state index contributed by atoms with van der Waals surface area (Å²) in [6.45, 7) is 5.00. The molecule has 1 aliphatic heterocycles. The lowest BCUT2D eigenvalue weighted by atomic mass is 9.98. The first kappa shape index (κ1) is 29.8. The SMILES string of the molecule is CCC(C)C(NC(=O)C(CCCCN)NC(=O)C1CCCN1C(=O)C(N)CCCCN)C(=O)O. The van der Waals surface area contributed by atoms with Crippen LogP contribution in [0.25, 0.3) is 0 Å². The van der Waals surface area contributed by atoms with E-state index in [9.17, 15) is 24.3 Å². The fourth-order valence-electron chi connectivity index (χ4n) is 4.11. The number of amides is 3. The molecule has 1 saturated heterocycles. The van der Waals surface area contributed by atoms with E-state index in [1.165, 1.54) is 4.90 Å². The van der Waals surface area contributed by atoms with Crippen molar-refractivity contribution in [2.45, 2.75) is 95.8 Å². The number of hydrogen-bond acceptors (Lipinski definition) is 7. The van der Waals surface area contributed by atoms with Crippen molar-refractivity contribution in [3.8, 4) is 0 Å². The smallest absolute Gasteiger partial charge is 0.326 e. The fourth-order valence-corrected chi connectivity index (χ4v) is 4.11. The minimum atomic E-state index is -1.12. The molecule has 0 radical (unpaired) electrons. The van der Waals surface area contributed by atoms with Crippen LogP contribution in [-0.2, 0) is 19.2 Å². The quantitative estimate of drug-likeness (QED) is 0.160. The highest BCUT2D eigenvalue weighted by Crippen LogP contribution is 2.20. The Morgan fingerprint density at radius 1 is 1.03 bits per heavy atom. The predicted molar refractivity (Wildman–Crippen MR) is 129 cm³/mol. The van der Waals surface area contributed by atoms with E-state index in [1.54, 1.807) is 6.92 Å². The van der Waals surface area contributed by atoms with E-state index in [1.807, 2.05) is 6.92 Å². The fraction of sp³-hybridized carbons (Fsp3) is 0.826. The summed E-state index contributed by atoms with van der Waals surface area (Å²) in [7, 11) is 0. The standard InChI is InChI=1S/C23H44N6O5/c1-3-15(2)19(23(33)34)28-20(30)17(10-5-7-13-25)27-21(31)18-11-8-14-29(18)22(32)16(26)9-4-6-12-24/h15-19H,3-14,24-26H2,1-2H3,(H,27,31)(H,28,30)(H,33,34). The van der Waals surface area contributed by atoms with Crippen molar-refractivity contribution >= 4 is 23.7 Å². The van der Waals surface area contributed by atoms with E-state index in [0.717, 1.165) is 12.8 Å². The summed E-state index contributed by atoms with van der Waals surface area (Å²) in [5.74, 6) is -2.64. The summed E-state index contributed by atoms with van der Waals surface area (Å²) in [5, 5.41) is 14.9. The molecule has 0 aliphatic carbocycles. The zero-order valence-electron chi connectivity index (χ0n) is 20.6. The minimum Gasteiger partial charge on any atom is -0.480 e. The van der Waals surface area contributed by atoms with Crippen molar-refractivity contribution in [3.05, 3.63) is 0 Å². The molecule has 34 heavy (non-hydrogen) atoms. The number of nitrogens with two attached hydrogens (primary N) is 3. The Hall–Kier alpha value is -2.24. The van der Waals surface area contributed by atoms with Gasteiger partial charge in [0.25, 0.3) is 0 Å². The Balaban J connectivity index is 2.89. The Morgan fingerprint density at radius 2 is 1.65 bits per heavy atom. The number of hydrogen-bond donors (Lipinski definition) is 6. The Labute approximate surface area is 202 Å². The number of rotatable bonds is 16. The second-order valence-electron chi connectivity index (χ2n) is 9.14. The molecule has 0 aromatic carbocycles. The van der Waals surface area contributed by atoms with Crippen LogP contribution >= 0.6 is 0 Å². The van der Waals surface area contributed by atoms with Crippen molar-refractivity contribution in [2.24, 2.45) is 23.1 Å². The van der Waals surface area contributed by atoms with E-state index in [4.69, 9.17) is 17.2 Å². The average Bonchev–Trinajstić information content (AvgIpc) is 3.30. The second-order valence-corrected chi connectivity index (χ2v) is 9.14. The first-order valence-corrected chi connectivity index (χ1v) is 12.5. The van der Waals surface area contributed by atoms with Gasteiger partial charge in [-0.1, -0.05) is 26.7 Å². The molecule has 0 aromatic rings. The van der Waals surface area contributed by atoms with Crippen molar-refractivity contribution in [2.75, 3.05) is 19.6 Å². The zero-order valence-corrected chi connectivity index (χ0v) is 20.6. The number of nitrogens with zero attached hydrogens (tertiary/aromatic N) is 1. The first-order valence-electron chi connectivity index (χ1n) is 12.5. The highest BCUT2D eigenvalue weighted by molar-refractivity contribution is 5.94. The molecule has 0 spiro atoms. The van der Waals surface area contributed by atoms with Crippen LogP contribution in [0.5, 0.6) is 0 Å². The van der Waals surface area contributed by atoms with Gasteiger partial charge in [0.15, 0.2) is 0 Å². The number of unbranched alkanes of at least 4 members (excludes halogenated alkanes) is 2. The molecule has 0 aromatic heterocycles. The molecule has 5 atom stereocenters. The maximum absolute atomic E-state index is 13.1. The van der Waals surface area contributed by atoms with Crippen molar-refractivity contribution in [3.63, 3.8) is 0 Å². The van der Waals surface area contributed by atoms with E-state index in [0.29, 0.717) is 64.6 Å². The summed E-state index contributed by atoms with van der Waals surface area (Å²) < 4.78 is 0. The minimum absolute atomic E-state index is 0.273. The van der Waals surface area contributed by atoms with Crippen LogP contribution in [0.15, 0.2) is 0 Å². The van der Waals surface area contributed by atoms with Gasteiger partial charge in [0, 0.05) is 6.54 Å². The van der Waals surface area contributed by atoms with Gasteiger partial charge >= 0.3 is 5.97 Å². The van der Waals surface area contributed by atoms with Crippen LogP contribution in [0.1, 0.15) is 71.6 Å². The van der Waals surface area contributed by atoms with Crippen LogP contribution in [0.2, 0.25) is 0 Å². The molecule has 5 unspecified atom stereocenters. The molecule has 9 N–H and O–H groups in total. The highest BCUT2D eigenvalue weighted by atomic mass is 16.4. The largest absolute Gasteiger partial charge is 0.480 e. The van der Waals surface area contributed by atoms with Crippen LogP contribution in [0.4, 0.5) is 0 Å². The van der Waals surface area contributed by atoms with E-state index in [2.05, 4.69) is 10.6 Å². The predicted octanol–water partition coefficient (Wildman–Crippen LogP) is -0.337. The molecule has 3 amide bonds. The number of nitrogens with one attached hydrogen (secondary N) is 2. The van der Waals surface area contributed by atoms with E-state index in [-0.39, 0.29) is 11.8 Å². The molecule has 1 rings (SSSR count). The molecular formula is C23H44N6O5. The van der Waals surface area contributed by atoms with Crippen molar-refractivity contribution in [1.29, 1.82) is 0 Å². The van der Waals surface area contributed by atoms with Crippen LogP contribution in [-0.4, -0.2) is 77.5 Å². The number of carboxylic acids is 1.